The van der Waals surface area contributed by atoms with Gasteiger partial charge in [-0.05, 0) is 18.1 Å². The predicted molar refractivity (Wildman–Crippen MR) is 129 cm³/mol. The third-order valence-electron chi connectivity index (χ3n) is 5.58. The van der Waals surface area contributed by atoms with Crippen LogP contribution in [0.1, 0.15) is 11.8 Å². The fourth-order valence-electron chi connectivity index (χ4n) is 3.89. The highest BCUT2D eigenvalue weighted by Crippen LogP contribution is 2.44. The number of aromatic nitrogens is 1. The lowest BCUT2D eigenvalue weighted by atomic mass is 10.00. The molecule has 2 aromatic carbocycles. The second-order valence-corrected chi connectivity index (χ2v) is 11.7. The zero-order valence-corrected chi connectivity index (χ0v) is 19.7. The van der Waals surface area contributed by atoms with Crippen LogP contribution >= 0.6 is 22.7 Å². The molecule has 2 N–H and O–H groups in total. The Hall–Kier alpha value is -2.82. The van der Waals surface area contributed by atoms with Crippen molar-refractivity contribution in [2.45, 2.75) is 12.5 Å². The average Bonchev–Trinajstić information content (AvgIpc) is 3.41. The largest absolute Gasteiger partial charge is 0.369 e. The first kappa shape index (κ1) is 21.0. The van der Waals surface area contributed by atoms with Crippen LogP contribution in [0.5, 0.6) is 0 Å². The Morgan fingerprint density at radius 1 is 1.16 bits per heavy atom. The molecule has 1 aliphatic rings. The molecule has 0 unspecified atom stereocenters. The van der Waals surface area contributed by atoms with E-state index in [4.69, 9.17) is 5.73 Å². The molecule has 0 bridgehead atoms. The lowest BCUT2D eigenvalue weighted by Gasteiger charge is -2.33. The first-order valence-corrected chi connectivity index (χ1v) is 13.0. The van der Waals surface area contributed by atoms with E-state index in [0.717, 1.165) is 30.7 Å². The number of fused-ring (bicyclic) bond motifs is 1. The monoisotopic (exact) mass is 486 g/mol. The molecule has 3 heterocycles. The molecule has 4 aromatic rings. The zero-order valence-electron chi connectivity index (χ0n) is 17.2. The number of nitrogens with two attached hydrogens (primary N) is 1. The van der Waals surface area contributed by atoms with Gasteiger partial charge in [-0.15, -0.1) is 22.7 Å². The molecule has 1 aliphatic heterocycles. The average molecular weight is 487 g/mol. The molecule has 6 nitrogen and oxygen atoms in total. The van der Waals surface area contributed by atoms with Gasteiger partial charge in [-0.2, -0.15) is 0 Å². The lowest BCUT2D eigenvalue weighted by molar-refractivity contribution is 0.467. The summed E-state index contributed by atoms with van der Waals surface area (Å²) in [6, 6.07) is 13.4. The number of benzene rings is 2. The molecular formula is C22H19FN4O2S3. The number of nitrogens with zero attached hydrogens (tertiary/aromatic N) is 3. The number of sulfonamides is 1. The van der Waals surface area contributed by atoms with Gasteiger partial charge in [0.25, 0.3) is 0 Å². The first-order valence-electron chi connectivity index (χ1n) is 9.73. The topological polar surface area (TPSA) is 88.7 Å². The van der Waals surface area contributed by atoms with E-state index in [1.807, 2.05) is 35.7 Å². The molecule has 0 saturated heterocycles. The Morgan fingerprint density at radius 3 is 2.53 bits per heavy atom. The number of hydrogen-bond acceptors (Lipinski definition) is 7. The van der Waals surface area contributed by atoms with Crippen LogP contribution in [0.15, 0.2) is 59.0 Å². The van der Waals surface area contributed by atoms with Crippen LogP contribution in [0, 0.1) is 5.82 Å². The molecule has 0 aliphatic carbocycles. The van der Waals surface area contributed by atoms with Gasteiger partial charge in [-0.25, -0.2) is 27.1 Å². The van der Waals surface area contributed by atoms with Gasteiger partial charge in [0.15, 0.2) is 0 Å². The standard InChI is InChI=1S/C22H19FN4O2S3/c1-22(12-32(28,29)27(2)21(24)26-22)19-17(23)16-5-3-4-15(18(16)31-19)13-6-8-14(9-7-13)20-25-10-11-30-20/h3-11H,12H2,1-2H3,(H2,24,26)/t22-/m0/s1. The van der Waals surface area contributed by atoms with Gasteiger partial charge in [0.2, 0.25) is 16.0 Å². The van der Waals surface area contributed by atoms with E-state index >= 15 is 4.39 Å². The summed E-state index contributed by atoms with van der Waals surface area (Å²) in [5, 5.41) is 3.31. The maximum Gasteiger partial charge on any atom is 0.239 e. The van der Waals surface area contributed by atoms with Gasteiger partial charge in [-0.1, -0.05) is 42.5 Å². The van der Waals surface area contributed by atoms with Crippen LogP contribution in [0.3, 0.4) is 0 Å². The molecule has 32 heavy (non-hydrogen) atoms. The van der Waals surface area contributed by atoms with E-state index in [0.29, 0.717) is 5.39 Å². The lowest BCUT2D eigenvalue weighted by Crippen LogP contribution is -2.50. The molecule has 5 rings (SSSR count). The Balaban J connectivity index is 1.64. The summed E-state index contributed by atoms with van der Waals surface area (Å²) in [6.45, 7) is 1.61. The third-order valence-corrected chi connectivity index (χ3v) is 9.82. The van der Waals surface area contributed by atoms with Crippen molar-refractivity contribution < 1.29 is 12.8 Å². The SMILES string of the molecule is CN1C(N)=N[C@](C)(c2sc3c(-c4ccc(-c5nccs5)cc4)cccc3c2F)CS1(=O)=O. The molecule has 10 heteroatoms. The van der Waals surface area contributed by atoms with E-state index in [2.05, 4.69) is 9.98 Å². The van der Waals surface area contributed by atoms with E-state index in [-0.39, 0.29) is 16.6 Å². The number of halogens is 1. The summed E-state index contributed by atoms with van der Waals surface area (Å²) >= 11 is 2.79. The highest BCUT2D eigenvalue weighted by Gasteiger charge is 2.43. The molecule has 0 spiro atoms. The molecule has 0 radical (unpaired) electrons. The van der Waals surface area contributed by atoms with Crippen LogP contribution < -0.4 is 5.73 Å². The highest BCUT2D eigenvalue weighted by molar-refractivity contribution is 7.89. The quantitative estimate of drug-likeness (QED) is 0.457. The molecule has 2 aromatic heterocycles. The van der Waals surface area contributed by atoms with Crippen LogP contribution in [-0.2, 0) is 15.6 Å². The molecular weight excluding hydrogens is 467 g/mol. The van der Waals surface area contributed by atoms with E-state index in [1.165, 1.54) is 18.4 Å². The summed E-state index contributed by atoms with van der Waals surface area (Å²) < 4.78 is 42.4. The van der Waals surface area contributed by atoms with Crippen molar-refractivity contribution in [1.82, 2.24) is 9.29 Å². The maximum atomic E-state index is 15.6. The summed E-state index contributed by atoms with van der Waals surface area (Å²) in [6.07, 6.45) is 1.77. The van der Waals surface area contributed by atoms with Crippen molar-refractivity contribution in [2.24, 2.45) is 10.7 Å². The minimum Gasteiger partial charge on any atom is -0.369 e. The fraction of sp³-hybridized carbons (Fsp3) is 0.182. The molecule has 0 saturated carbocycles. The Kier molecular flexibility index (Phi) is 4.84. The minimum absolute atomic E-state index is 0.145. The third kappa shape index (κ3) is 3.30. The number of aliphatic imine (C=N–C) groups is 1. The fourth-order valence-corrected chi connectivity index (χ4v) is 7.37. The first-order chi connectivity index (χ1) is 15.2. The number of rotatable bonds is 3. The second-order valence-electron chi connectivity index (χ2n) is 7.81. The number of hydrogen-bond donors (Lipinski definition) is 1. The van der Waals surface area contributed by atoms with Crippen LogP contribution in [0.4, 0.5) is 4.39 Å². The molecule has 164 valence electrons. The van der Waals surface area contributed by atoms with Crippen LogP contribution in [0.2, 0.25) is 0 Å². The summed E-state index contributed by atoms with van der Waals surface area (Å²) in [5.74, 6) is -0.947. The second kappa shape index (κ2) is 7.36. The van der Waals surface area contributed by atoms with E-state index < -0.39 is 21.4 Å². The van der Waals surface area contributed by atoms with Crippen LogP contribution in [0.25, 0.3) is 31.8 Å². The Labute approximate surface area is 192 Å². The Morgan fingerprint density at radius 2 is 1.88 bits per heavy atom. The van der Waals surface area contributed by atoms with Crippen molar-refractivity contribution in [3.05, 3.63) is 64.7 Å². The summed E-state index contributed by atoms with van der Waals surface area (Å²) in [5.41, 5.74) is 7.39. The van der Waals surface area contributed by atoms with Crippen molar-refractivity contribution in [3.8, 4) is 21.7 Å². The molecule has 0 amide bonds. The maximum absolute atomic E-state index is 15.6. The van der Waals surface area contributed by atoms with Gasteiger partial charge in [0, 0.05) is 34.3 Å². The summed E-state index contributed by atoms with van der Waals surface area (Å²) in [7, 11) is -2.35. The number of thiophene rings is 1. The molecule has 1 atom stereocenters. The van der Waals surface area contributed by atoms with Crippen LogP contribution in [-0.4, -0.2) is 36.5 Å². The van der Waals surface area contributed by atoms with E-state index in [9.17, 15) is 8.42 Å². The Bertz CT molecular complexity index is 1460. The normalized spacial score (nSPS) is 20.5. The number of thiazole rings is 1. The molecule has 0 fully saturated rings. The van der Waals surface area contributed by atoms with E-state index in [1.54, 1.807) is 36.6 Å². The summed E-state index contributed by atoms with van der Waals surface area (Å²) in [4.78, 5) is 8.96. The highest BCUT2D eigenvalue weighted by atomic mass is 32.2. The van der Waals surface area contributed by atoms with Gasteiger partial charge in [0.05, 0.1) is 10.6 Å². The smallest absolute Gasteiger partial charge is 0.239 e. The van der Waals surface area contributed by atoms with Gasteiger partial charge >= 0.3 is 0 Å². The van der Waals surface area contributed by atoms with Crippen molar-refractivity contribution in [3.63, 3.8) is 0 Å². The van der Waals surface area contributed by atoms with Crippen molar-refractivity contribution in [2.75, 3.05) is 12.8 Å². The van der Waals surface area contributed by atoms with Gasteiger partial charge in [-0.3, -0.25) is 0 Å². The minimum atomic E-state index is -3.70. The van der Waals surface area contributed by atoms with Crippen molar-refractivity contribution in [1.29, 1.82) is 0 Å². The predicted octanol–water partition coefficient (Wildman–Crippen LogP) is 4.64. The van der Waals surface area contributed by atoms with Gasteiger partial charge in [0.1, 0.15) is 16.4 Å². The zero-order chi connectivity index (χ0) is 22.7. The van der Waals surface area contributed by atoms with Crippen molar-refractivity contribution >= 4 is 48.7 Å². The van der Waals surface area contributed by atoms with Gasteiger partial charge < -0.3 is 5.73 Å². The number of guanidine groups is 1.